The van der Waals surface area contributed by atoms with Gasteiger partial charge < -0.3 is 32.5 Å². The second-order valence-electron chi connectivity index (χ2n) is 7.44. The van der Waals surface area contributed by atoms with Crippen molar-refractivity contribution in [2.45, 2.75) is 50.4 Å². The summed E-state index contributed by atoms with van der Waals surface area (Å²) in [7, 11) is 0. The summed E-state index contributed by atoms with van der Waals surface area (Å²) >= 11 is 1.45. The molecule has 0 aliphatic rings. The fourth-order valence-corrected chi connectivity index (χ4v) is 3.27. The van der Waals surface area contributed by atoms with Crippen molar-refractivity contribution >= 4 is 41.4 Å². The monoisotopic (exact) mass is 481 g/mol. The van der Waals surface area contributed by atoms with Crippen LogP contribution in [-0.2, 0) is 30.4 Å². The molecule has 8 N–H and O–H groups in total. The first-order valence-electron chi connectivity index (χ1n) is 10.3. The summed E-state index contributed by atoms with van der Waals surface area (Å²) in [5.74, 6) is -3.49. The Morgan fingerprint density at radius 2 is 1.55 bits per heavy atom. The van der Waals surface area contributed by atoms with E-state index in [1.54, 1.807) is 30.3 Å². The second kappa shape index (κ2) is 14.1. The van der Waals surface area contributed by atoms with E-state index in [-0.39, 0.29) is 19.3 Å². The molecule has 12 heteroatoms. The zero-order chi connectivity index (χ0) is 25.0. The molecule has 4 amide bonds. The number of aliphatic carboxylic acids is 1. The van der Waals surface area contributed by atoms with Gasteiger partial charge in [0.1, 0.15) is 18.1 Å². The van der Waals surface area contributed by atoms with Crippen LogP contribution in [-0.4, -0.2) is 70.9 Å². The Morgan fingerprint density at radius 1 is 0.970 bits per heavy atom. The van der Waals surface area contributed by atoms with Crippen LogP contribution in [0, 0.1) is 0 Å². The summed E-state index contributed by atoms with van der Waals surface area (Å²) < 4.78 is 0. The van der Waals surface area contributed by atoms with Gasteiger partial charge in [-0.15, -0.1) is 0 Å². The zero-order valence-corrected chi connectivity index (χ0v) is 19.4. The number of carboxylic acids is 1. The maximum Gasteiger partial charge on any atom is 0.325 e. The normalized spacial score (nSPS) is 14.3. The molecule has 0 fully saturated rings. The third-order valence-corrected chi connectivity index (χ3v) is 5.29. The quantitative estimate of drug-likeness (QED) is 0.189. The van der Waals surface area contributed by atoms with E-state index in [9.17, 15) is 24.0 Å². The van der Waals surface area contributed by atoms with E-state index < -0.39 is 53.8 Å². The van der Waals surface area contributed by atoms with Crippen molar-refractivity contribution in [1.82, 2.24) is 16.0 Å². The molecular weight excluding hydrogens is 450 g/mol. The number of hydrogen-bond donors (Lipinski definition) is 6. The molecule has 4 atom stereocenters. The molecule has 1 aromatic carbocycles. The van der Waals surface area contributed by atoms with E-state index in [0.29, 0.717) is 5.75 Å². The Morgan fingerprint density at radius 3 is 2.09 bits per heavy atom. The fourth-order valence-electron chi connectivity index (χ4n) is 2.80. The van der Waals surface area contributed by atoms with Gasteiger partial charge in [0, 0.05) is 6.42 Å². The highest BCUT2D eigenvalue weighted by atomic mass is 32.2. The van der Waals surface area contributed by atoms with Crippen molar-refractivity contribution in [1.29, 1.82) is 0 Å². The number of nitrogens with two attached hydrogens (primary N) is 2. The molecule has 182 valence electrons. The van der Waals surface area contributed by atoms with E-state index in [2.05, 4.69) is 16.0 Å². The highest BCUT2D eigenvalue weighted by Gasteiger charge is 2.29. The van der Waals surface area contributed by atoms with Gasteiger partial charge in [0.15, 0.2) is 0 Å². The van der Waals surface area contributed by atoms with Crippen LogP contribution >= 0.6 is 11.8 Å². The lowest BCUT2D eigenvalue weighted by Gasteiger charge is -2.24. The van der Waals surface area contributed by atoms with Gasteiger partial charge in [-0.1, -0.05) is 30.3 Å². The van der Waals surface area contributed by atoms with Gasteiger partial charge in [-0.3, -0.25) is 24.0 Å². The highest BCUT2D eigenvalue weighted by molar-refractivity contribution is 7.98. The first-order valence-corrected chi connectivity index (χ1v) is 11.6. The lowest BCUT2D eigenvalue weighted by atomic mass is 10.0. The van der Waals surface area contributed by atoms with Gasteiger partial charge >= 0.3 is 5.97 Å². The predicted octanol–water partition coefficient (Wildman–Crippen LogP) is -1.26. The van der Waals surface area contributed by atoms with Crippen LogP contribution in [0.1, 0.15) is 25.3 Å². The number of hydrogen-bond acceptors (Lipinski definition) is 7. The van der Waals surface area contributed by atoms with E-state index in [0.717, 1.165) is 5.56 Å². The second-order valence-corrected chi connectivity index (χ2v) is 8.42. The number of thioether (sulfide) groups is 1. The van der Waals surface area contributed by atoms with Gasteiger partial charge in [-0.2, -0.15) is 11.8 Å². The molecule has 1 rings (SSSR count). The maximum absolute atomic E-state index is 13.0. The van der Waals surface area contributed by atoms with Crippen molar-refractivity contribution in [3.63, 3.8) is 0 Å². The number of benzene rings is 1. The third-order valence-electron chi connectivity index (χ3n) is 4.65. The number of primary amides is 1. The SMILES string of the molecule is CSCCC(NC(=O)C(N)CC(N)=O)C(=O)NC(Cc1ccccc1)C(=O)NC(C)C(=O)O. The van der Waals surface area contributed by atoms with Crippen molar-refractivity contribution in [3.05, 3.63) is 35.9 Å². The average Bonchev–Trinajstić information content (AvgIpc) is 2.75. The van der Waals surface area contributed by atoms with Gasteiger partial charge in [-0.05, 0) is 30.9 Å². The topological polar surface area (TPSA) is 194 Å². The minimum atomic E-state index is -1.22. The van der Waals surface area contributed by atoms with E-state index in [4.69, 9.17) is 16.6 Å². The number of nitrogens with one attached hydrogen (secondary N) is 3. The van der Waals surface area contributed by atoms with Crippen LogP contribution in [0.4, 0.5) is 0 Å². The molecule has 0 spiro atoms. The molecule has 11 nitrogen and oxygen atoms in total. The molecule has 0 aromatic heterocycles. The molecule has 1 aromatic rings. The van der Waals surface area contributed by atoms with Crippen LogP contribution in [0.25, 0.3) is 0 Å². The third kappa shape index (κ3) is 10.4. The van der Waals surface area contributed by atoms with Crippen LogP contribution in [0.5, 0.6) is 0 Å². The summed E-state index contributed by atoms with van der Waals surface area (Å²) in [6.07, 6.45) is 1.80. The van der Waals surface area contributed by atoms with E-state index in [1.807, 2.05) is 6.26 Å². The number of carbonyl (C=O) groups is 5. The maximum atomic E-state index is 13.0. The Bertz CT molecular complexity index is 838. The number of rotatable bonds is 14. The van der Waals surface area contributed by atoms with Crippen LogP contribution in [0.2, 0.25) is 0 Å². The molecule has 0 aliphatic heterocycles. The highest BCUT2D eigenvalue weighted by Crippen LogP contribution is 2.07. The summed E-state index contributed by atoms with van der Waals surface area (Å²) in [5, 5.41) is 16.5. The van der Waals surface area contributed by atoms with Crippen LogP contribution < -0.4 is 27.4 Å². The molecule has 0 saturated heterocycles. The lowest BCUT2D eigenvalue weighted by Crippen LogP contribution is -2.57. The predicted molar refractivity (Wildman–Crippen MR) is 124 cm³/mol. The lowest BCUT2D eigenvalue weighted by molar-refractivity contribution is -0.141. The molecule has 0 heterocycles. The smallest absolute Gasteiger partial charge is 0.325 e. The summed E-state index contributed by atoms with van der Waals surface area (Å²) in [6, 6.07) is 4.39. The van der Waals surface area contributed by atoms with Gasteiger partial charge in [0.25, 0.3) is 0 Å². The average molecular weight is 482 g/mol. The van der Waals surface area contributed by atoms with E-state index in [1.165, 1.54) is 18.7 Å². The molecule has 4 unspecified atom stereocenters. The first-order chi connectivity index (χ1) is 15.5. The van der Waals surface area contributed by atoms with Gasteiger partial charge in [0.2, 0.25) is 23.6 Å². The van der Waals surface area contributed by atoms with Crippen molar-refractivity contribution in [3.8, 4) is 0 Å². The Kier molecular flexibility index (Phi) is 11.9. The number of carbonyl (C=O) groups excluding carboxylic acids is 4. The standard InChI is InChI=1S/C21H31N5O6S/c1-12(21(31)32)24-20(30)16(10-13-6-4-3-5-7-13)26-19(29)15(8-9-33-2)25-18(28)14(22)11-17(23)27/h3-7,12,14-16H,8-11,22H2,1-2H3,(H2,23,27)(H,24,30)(H,25,28)(H,26,29)(H,31,32). The Balaban J connectivity index is 3.01. The van der Waals surface area contributed by atoms with Crippen LogP contribution in [0.3, 0.4) is 0 Å². The van der Waals surface area contributed by atoms with Crippen molar-refractivity contribution < 1.29 is 29.1 Å². The Labute approximate surface area is 196 Å². The molecule has 0 radical (unpaired) electrons. The molecule has 0 bridgehead atoms. The van der Waals surface area contributed by atoms with Crippen molar-refractivity contribution in [2.75, 3.05) is 12.0 Å². The molecule has 0 saturated carbocycles. The molecule has 33 heavy (non-hydrogen) atoms. The van der Waals surface area contributed by atoms with Gasteiger partial charge in [-0.25, -0.2) is 0 Å². The Hall–Kier alpha value is -3.12. The van der Waals surface area contributed by atoms with Crippen LogP contribution in [0.15, 0.2) is 30.3 Å². The minimum absolute atomic E-state index is 0.106. The fraction of sp³-hybridized carbons (Fsp3) is 0.476. The number of amides is 4. The first kappa shape index (κ1) is 27.9. The molecule has 0 aliphatic carbocycles. The summed E-state index contributed by atoms with van der Waals surface area (Å²) in [4.78, 5) is 60.2. The zero-order valence-electron chi connectivity index (χ0n) is 18.6. The van der Waals surface area contributed by atoms with Crippen molar-refractivity contribution in [2.24, 2.45) is 11.5 Å². The molecular formula is C21H31N5O6S. The number of carboxylic acid groups (broad SMARTS) is 1. The van der Waals surface area contributed by atoms with E-state index >= 15 is 0 Å². The van der Waals surface area contributed by atoms with Gasteiger partial charge in [0.05, 0.1) is 12.5 Å². The minimum Gasteiger partial charge on any atom is -0.480 e. The largest absolute Gasteiger partial charge is 0.480 e. The summed E-state index contributed by atoms with van der Waals surface area (Å²) in [5.41, 5.74) is 11.5. The summed E-state index contributed by atoms with van der Waals surface area (Å²) in [6.45, 7) is 1.31.